The molecule has 118 valence electrons. The summed E-state index contributed by atoms with van der Waals surface area (Å²) in [4.78, 5) is 27.4. The molecule has 3 aliphatic heterocycles. The van der Waals surface area contributed by atoms with Crippen LogP contribution in [0, 0.1) is 11.8 Å². The molecule has 3 fully saturated rings. The van der Waals surface area contributed by atoms with Crippen LogP contribution in [0.25, 0.3) is 0 Å². The van der Waals surface area contributed by atoms with E-state index >= 15 is 0 Å². The van der Waals surface area contributed by atoms with Crippen LogP contribution in [0.15, 0.2) is 18.5 Å². The van der Waals surface area contributed by atoms with Crippen LogP contribution < -0.4 is 4.90 Å². The third-order valence-electron chi connectivity index (χ3n) is 4.87. The molecule has 0 saturated carbocycles. The van der Waals surface area contributed by atoms with Crippen LogP contribution >= 0.6 is 0 Å². The van der Waals surface area contributed by atoms with Crippen molar-refractivity contribution in [2.75, 3.05) is 57.4 Å². The number of likely N-dealkylation sites (tertiary alicyclic amines) is 1. The molecule has 4 rings (SSSR count). The Labute approximate surface area is 129 Å². The Hall–Kier alpha value is -1.89. The van der Waals surface area contributed by atoms with Gasteiger partial charge in [0.15, 0.2) is 0 Å². The maximum atomic E-state index is 12.5. The molecule has 3 saturated heterocycles. The van der Waals surface area contributed by atoms with Gasteiger partial charge in [0.1, 0.15) is 0 Å². The predicted octanol–water partition coefficient (Wildman–Crippen LogP) is 0.297. The molecule has 0 unspecified atom stereocenters. The summed E-state index contributed by atoms with van der Waals surface area (Å²) in [5.41, 5.74) is 0. The highest BCUT2D eigenvalue weighted by Crippen LogP contribution is 2.33. The number of urea groups is 1. The van der Waals surface area contributed by atoms with E-state index in [2.05, 4.69) is 14.9 Å². The lowest BCUT2D eigenvalue weighted by molar-refractivity contribution is 0.0447. The summed E-state index contributed by atoms with van der Waals surface area (Å²) >= 11 is 0. The Morgan fingerprint density at radius 1 is 1.00 bits per heavy atom. The van der Waals surface area contributed by atoms with Gasteiger partial charge < -0.3 is 19.4 Å². The highest BCUT2D eigenvalue weighted by Gasteiger charge is 2.43. The maximum absolute atomic E-state index is 12.5. The second-order valence-electron chi connectivity index (χ2n) is 6.26. The number of rotatable bonds is 1. The fourth-order valence-corrected chi connectivity index (χ4v) is 3.72. The zero-order chi connectivity index (χ0) is 14.9. The van der Waals surface area contributed by atoms with Crippen LogP contribution in [0.1, 0.15) is 0 Å². The summed E-state index contributed by atoms with van der Waals surface area (Å²) < 4.78 is 5.32. The summed E-state index contributed by atoms with van der Waals surface area (Å²) in [5, 5.41) is 0. The molecule has 2 atom stereocenters. The highest BCUT2D eigenvalue weighted by atomic mass is 16.5. The van der Waals surface area contributed by atoms with E-state index in [0.717, 1.165) is 32.1 Å². The van der Waals surface area contributed by atoms with Gasteiger partial charge in [-0.2, -0.15) is 0 Å². The number of fused-ring (bicyclic) bond motifs is 1. The second kappa shape index (κ2) is 5.72. The third kappa shape index (κ3) is 2.49. The van der Waals surface area contributed by atoms with Gasteiger partial charge in [-0.25, -0.2) is 14.8 Å². The number of amides is 2. The van der Waals surface area contributed by atoms with Gasteiger partial charge >= 0.3 is 6.03 Å². The molecule has 1 aromatic heterocycles. The van der Waals surface area contributed by atoms with Crippen LogP contribution in [-0.4, -0.2) is 78.3 Å². The van der Waals surface area contributed by atoms with E-state index in [1.54, 1.807) is 12.4 Å². The van der Waals surface area contributed by atoms with Crippen molar-refractivity contribution in [1.29, 1.82) is 0 Å². The fourth-order valence-electron chi connectivity index (χ4n) is 3.72. The number of morpholine rings is 1. The molecular weight excluding hydrogens is 282 g/mol. The first kappa shape index (κ1) is 13.8. The van der Waals surface area contributed by atoms with Gasteiger partial charge in [0.2, 0.25) is 5.95 Å². The molecule has 0 radical (unpaired) electrons. The maximum Gasteiger partial charge on any atom is 0.320 e. The molecule has 7 nitrogen and oxygen atoms in total. The number of carbonyl (C=O) groups excluding carboxylic acids is 1. The molecular formula is C15H21N5O2. The Bertz CT molecular complexity index is 520. The van der Waals surface area contributed by atoms with Crippen molar-refractivity contribution in [3.8, 4) is 0 Å². The van der Waals surface area contributed by atoms with Gasteiger partial charge in [-0.3, -0.25) is 0 Å². The van der Waals surface area contributed by atoms with Crippen LogP contribution in [0.3, 0.4) is 0 Å². The second-order valence-corrected chi connectivity index (χ2v) is 6.26. The van der Waals surface area contributed by atoms with Crippen LogP contribution in [0.2, 0.25) is 0 Å². The Morgan fingerprint density at radius 3 is 2.27 bits per heavy atom. The first-order valence-corrected chi connectivity index (χ1v) is 7.95. The lowest BCUT2D eigenvalue weighted by Crippen LogP contribution is -2.48. The summed E-state index contributed by atoms with van der Waals surface area (Å²) in [5.74, 6) is 1.88. The van der Waals surface area contributed by atoms with E-state index in [4.69, 9.17) is 4.74 Å². The lowest BCUT2D eigenvalue weighted by atomic mass is 10.0. The monoisotopic (exact) mass is 303 g/mol. The van der Waals surface area contributed by atoms with E-state index < -0.39 is 0 Å². The zero-order valence-electron chi connectivity index (χ0n) is 12.6. The van der Waals surface area contributed by atoms with Crippen molar-refractivity contribution in [1.82, 2.24) is 19.8 Å². The van der Waals surface area contributed by atoms with Gasteiger partial charge in [0, 0.05) is 63.5 Å². The minimum Gasteiger partial charge on any atom is -0.378 e. The quantitative estimate of drug-likeness (QED) is 0.746. The minimum atomic E-state index is 0.181. The van der Waals surface area contributed by atoms with E-state index in [-0.39, 0.29) is 6.03 Å². The van der Waals surface area contributed by atoms with Gasteiger partial charge in [0.25, 0.3) is 0 Å². The summed E-state index contributed by atoms with van der Waals surface area (Å²) in [6.45, 7) is 6.35. The number of aromatic nitrogens is 2. The number of ether oxygens (including phenoxy) is 1. The smallest absolute Gasteiger partial charge is 0.320 e. The van der Waals surface area contributed by atoms with Crippen molar-refractivity contribution in [2.45, 2.75) is 0 Å². The standard InChI is InChI=1S/C15H21N5O2/c21-15(18-4-6-22-7-5-18)20-10-12-8-19(9-13(12)11-20)14-16-2-1-3-17-14/h1-3,12-13H,4-11H2/t12-,13+. The van der Waals surface area contributed by atoms with Crippen LogP contribution in [0.4, 0.5) is 10.7 Å². The number of hydrogen-bond acceptors (Lipinski definition) is 5. The van der Waals surface area contributed by atoms with E-state index in [0.29, 0.717) is 38.1 Å². The molecule has 0 spiro atoms. The molecule has 1 aromatic rings. The number of anilines is 1. The zero-order valence-corrected chi connectivity index (χ0v) is 12.6. The topological polar surface area (TPSA) is 61.8 Å². The van der Waals surface area contributed by atoms with Gasteiger partial charge in [-0.1, -0.05) is 0 Å². The van der Waals surface area contributed by atoms with Crippen molar-refractivity contribution < 1.29 is 9.53 Å². The molecule has 7 heteroatoms. The summed E-state index contributed by atoms with van der Waals surface area (Å²) in [6.07, 6.45) is 3.56. The molecule has 0 bridgehead atoms. The van der Waals surface area contributed by atoms with Crippen molar-refractivity contribution in [3.63, 3.8) is 0 Å². The van der Waals surface area contributed by atoms with Crippen molar-refractivity contribution >= 4 is 12.0 Å². The molecule has 22 heavy (non-hydrogen) atoms. The first-order chi connectivity index (χ1) is 10.8. The highest BCUT2D eigenvalue weighted by molar-refractivity contribution is 5.75. The molecule has 4 heterocycles. The van der Waals surface area contributed by atoms with E-state index in [9.17, 15) is 4.79 Å². The number of hydrogen-bond donors (Lipinski definition) is 0. The Kier molecular flexibility index (Phi) is 3.57. The third-order valence-corrected chi connectivity index (χ3v) is 4.87. The normalized spacial score (nSPS) is 28.1. The number of carbonyl (C=O) groups is 1. The fraction of sp³-hybridized carbons (Fsp3) is 0.667. The average molecular weight is 303 g/mol. The van der Waals surface area contributed by atoms with Gasteiger partial charge in [0.05, 0.1) is 13.2 Å². The van der Waals surface area contributed by atoms with E-state index in [1.807, 2.05) is 15.9 Å². The van der Waals surface area contributed by atoms with Gasteiger partial charge in [-0.05, 0) is 6.07 Å². The van der Waals surface area contributed by atoms with Crippen molar-refractivity contribution in [2.24, 2.45) is 11.8 Å². The Balaban J connectivity index is 1.36. The SMILES string of the molecule is O=C(N1CCOCC1)N1C[C@@H]2CN(c3ncccn3)C[C@@H]2C1. The molecule has 3 aliphatic rings. The average Bonchev–Trinajstić information content (AvgIpc) is 3.15. The number of nitrogens with zero attached hydrogens (tertiary/aromatic N) is 5. The molecule has 0 N–H and O–H groups in total. The van der Waals surface area contributed by atoms with Crippen molar-refractivity contribution in [3.05, 3.63) is 18.5 Å². The molecule has 0 aliphatic carbocycles. The summed E-state index contributed by atoms with van der Waals surface area (Å²) in [7, 11) is 0. The molecule has 0 aromatic carbocycles. The largest absolute Gasteiger partial charge is 0.378 e. The van der Waals surface area contributed by atoms with E-state index in [1.165, 1.54) is 0 Å². The minimum absolute atomic E-state index is 0.181. The summed E-state index contributed by atoms with van der Waals surface area (Å²) in [6, 6.07) is 2.02. The first-order valence-electron chi connectivity index (χ1n) is 7.95. The predicted molar refractivity (Wildman–Crippen MR) is 80.6 cm³/mol. The van der Waals surface area contributed by atoms with Crippen LogP contribution in [-0.2, 0) is 4.74 Å². The van der Waals surface area contributed by atoms with Crippen LogP contribution in [0.5, 0.6) is 0 Å². The lowest BCUT2D eigenvalue weighted by Gasteiger charge is -2.31. The Morgan fingerprint density at radius 2 is 1.64 bits per heavy atom. The van der Waals surface area contributed by atoms with Gasteiger partial charge in [-0.15, -0.1) is 0 Å². The molecule has 2 amide bonds.